The summed E-state index contributed by atoms with van der Waals surface area (Å²) in [7, 11) is 1.57. The number of anilines is 4. The third-order valence-electron chi connectivity index (χ3n) is 6.29. The van der Waals surface area contributed by atoms with Gasteiger partial charge >= 0.3 is 0 Å². The molecule has 5 rings (SSSR count). The number of benzene rings is 1. The molecule has 36 heavy (non-hydrogen) atoms. The fourth-order valence-electron chi connectivity index (χ4n) is 4.16. The van der Waals surface area contributed by atoms with Crippen LogP contribution in [0.2, 0.25) is 0 Å². The average Bonchev–Trinajstić information content (AvgIpc) is 3.35. The van der Waals surface area contributed by atoms with Crippen molar-refractivity contribution >= 4 is 39.8 Å². The normalized spacial score (nSPS) is 13.0. The molecule has 3 aromatic heterocycles. The Morgan fingerprint density at radius 3 is 2.83 bits per heavy atom. The summed E-state index contributed by atoms with van der Waals surface area (Å²) in [6, 6.07) is 1.63. The Balaban J connectivity index is 1.52. The van der Waals surface area contributed by atoms with Crippen LogP contribution in [-0.4, -0.2) is 50.8 Å². The topological polar surface area (TPSA) is 145 Å². The molecule has 1 aliphatic rings. The molecular formula is C24H26FN9O2. The predicted molar refractivity (Wildman–Crippen MR) is 135 cm³/mol. The maximum absolute atomic E-state index is 15.4. The standard InChI is InChI=1S/C24H26FN9O2/c1-12-15(9-29-21-20(12)28-5-6-36-21)14-7-17-16(19(26)18(14)25)10-30-23(33-17)32-13-8-31-34(11-13)24(2,3)22(35)27-4/h7-11,28H,5-6,26H2,1-4H3,(H,27,35)(H,30,32,33). The number of halogens is 1. The highest BCUT2D eigenvalue weighted by molar-refractivity contribution is 5.96. The van der Waals surface area contributed by atoms with Crippen LogP contribution in [0, 0.1) is 12.7 Å². The Morgan fingerprint density at radius 1 is 1.25 bits per heavy atom. The molecule has 0 saturated heterocycles. The van der Waals surface area contributed by atoms with Gasteiger partial charge in [0.05, 0.1) is 23.1 Å². The van der Waals surface area contributed by atoms with E-state index in [9.17, 15) is 4.79 Å². The van der Waals surface area contributed by atoms with Gasteiger partial charge in [-0.15, -0.1) is 0 Å². The van der Waals surface area contributed by atoms with E-state index in [2.05, 4.69) is 36.0 Å². The second-order valence-electron chi connectivity index (χ2n) is 8.97. The maximum atomic E-state index is 15.4. The minimum absolute atomic E-state index is 0.0458. The van der Waals surface area contributed by atoms with Crippen molar-refractivity contribution in [2.75, 3.05) is 36.6 Å². The summed E-state index contributed by atoms with van der Waals surface area (Å²) in [5.41, 5.74) is 8.67. The summed E-state index contributed by atoms with van der Waals surface area (Å²) in [4.78, 5) is 25.4. The number of carbonyl (C=O) groups is 1. The van der Waals surface area contributed by atoms with Crippen molar-refractivity contribution in [1.82, 2.24) is 30.0 Å². The van der Waals surface area contributed by atoms with Crippen LogP contribution in [0.3, 0.4) is 0 Å². The van der Waals surface area contributed by atoms with Crippen molar-refractivity contribution in [1.29, 1.82) is 0 Å². The second kappa shape index (κ2) is 8.63. The van der Waals surface area contributed by atoms with Gasteiger partial charge in [-0.2, -0.15) is 5.10 Å². The number of rotatable bonds is 5. The fraction of sp³-hybridized carbons (Fsp3) is 0.292. The number of likely N-dealkylation sites (N-methyl/N-ethyl adjacent to an activating group) is 1. The minimum atomic E-state index is -0.888. The fourth-order valence-corrected chi connectivity index (χ4v) is 4.16. The Kier molecular flexibility index (Phi) is 5.58. The number of ether oxygens (including phenoxy) is 1. The van der Waals surface area contributed by atoms with Crippen LogP contribution in [0.25, 0.3) is 22.0 Å². The zero-order chi connectivity index (χ0) is 25.6. The smallest absolute Gasteiger partial charge is 0.247 e. The zero-order valence-electron chi connectivity index (χ0n) is 20.3. The molecule has 0 saturated carbocycles. The van der Waals surface area contributed by atoms with E-state index in [1.165, 1.54) is 6.20 Å². The summed E-state index contributed by atoms with van der Waals surface area (Å²) in [6.07, 6.45) is 6.30. The number of hydrogen-bond donors (Lipinski definition) is 4. The van der Waals surface area contributed by atoms with Crippen molar-refractivity contribution in [3.05, 3.63) is 42.2 Å². The molecule has 4 aromatic rings. The lowest BCUT2D eigenvalue weighted by atomic mass is 9.98. The summed E-state index contributed by atoms with van der Waals surface area (Å²) in [6.45, 7) is 6.55. The molecule has 0 spiro atoms. The predicted octanol–water partition coefficient (Wildman–Crippen LogP) is 2.95. The van der Waals surface area contributed by atoms with Crippen molar-refractivity contribution in [2.45, 2.75) is 26.3 Å². The van der Waals surface area contributed by atoms with Crippen LogP contribution in [-0.2, 0) is 10.3 Å². The molecular weight excluding hydrogens is 465 g/mol. The lowest BCUT2D eigenvalue weighted by Crippen LogP contribution is -2.43. The van der Waals surface area contributed by atoms with E-state index in [1.54, 1.807) is 50.2 Å². The molecule has 4 heterocycles. The number of nitrogens with one attached hydrogen (secondary N) is 3. The molecule has 1 aromatic carbocycles. The first-order valence-electron chi connectivity index (χ1n) is 11.4. The van der Waals surface area contributed by atoms with Crippen LogP contribution < -0.4 is 26.4 Å². The van der Waals surface area contributed by atoms with Gasteiger partial charge < -0.3 is 26.4 Å². The molecule has 0 aliphatic carbocycles. The molecule has 0 bridgehead atoms. The van der Waals surface area contributed by atoms with E-state index >= 15 is 4.39 Å². The third-order valence-corrected chi connectivity index (χ3v) is 6.29. The lowest BCUT2D eigenvalue weighted by molar-refractivity contribution is -0.128. The van der Waals surface area contributed by atoms with E-state index in [1.807, 2.05) is 6.92 Å². The van der Waals surface area contributed by atoms with Crippen molar-refractivity contribution in [3.63, 3.8) is 0 Å². The Hall–Kier alpha value is -4.48. The van der Waals surface area contributed by atoms with Crippen LogP contribution >= 0.6 is 0 Å². The second-order valence-corrected chi connectivity index (χ2v) is 8.97. The molecule has 0 radical (unpaired) electrons. The van der Waals surface area contributed by atoms with Gasteiger partial charge in [0.25, 0.3) is 0 Å². The number of hydrogen-bond acceptors (Lipinski definition) is 9. The molecule has 186 valence electrons. The number of amides is 1. The number of aromatic nitrogens is 5. The Labute approximate surface area is 206 Å². The molecule has 12 heteroatoms. The van der Waals surface area contributed by atoms with E-state index < -0.39 is 11.4 Å². The van der Waals surface area contributed by atoms with E-state index in [0.717, 1.165) is 11.3 Å². The van der Waals surface area contributed by atoms with Gasteiger partial charge in [0.2, 0.25) is 17.7 Å². The number of carbonyl (C=O) groups excluding carboxylic acids is 1. The minimum Gasteiger partial charge on any atom is -0.474 e. The number of nitrogens with two attached hydrogens (primary N) is 1. The summed E-state index contributed by atoms with van der Waals surface area (Å²) in [5.74, 6) is 0.0155. The monoisotopic (exact) mass is 491 g/mol. The number of fused-ring (bicyclic) bond motifs is 2. The van der Waals surface area contributed by atoms with Crippen molar-refractivity contribution in [3.8, 4) is 17.0 Å². The zero-order valence-corrected chi connectivity index (χ0v) is 20.3. The highest BCUT2D eigenvalue weighted by atomic mass is 19.1. The van der Waals surface area contributed by atoms with E-state index in [0.29, 0.717) is 41.2 Å². The highest BCUT2D eigenvalue weighted by Gasteiger charge is 2.29. The average molecular weight is 492 g/mol. The largest absolute Gasteiger partial charge is 0.474 e. The number of pyridine rings is 1. The van der Waals surface area contributed by atoms with Gasteiger partial charge in [0.1, 0.15) is 17.8 Å². The Bertz CT molecular complexity index is 1500. The van der Waals surface area contributed by atoms with Gasteiger partial charge in [0, 0.05) is 48.7 Å². The summed E-state index contributed by atoms with van der Waals surface area (Å²) in [5, 5.41) is 13.6. The first kappa shape index (κ1) is 23.3. The summed E-state index contributed by atoms with van der Waals surface area (Å²) < 4.78 is 22.5. The van der Waals surface area contributed by atoms with Crippen LogP contribution in [0.1, 0.15) is 19.4 Å². The molecule has 11 nitrogen and oxygen atoms in total. The lowest BCUT2D eigenvalue weighted by Gasteiger charge is -2.22. The van der Waals surface area contributed by atoms with Crippen LogP contribution in [0.4, 0.5) is 27.4 Å². The van der Waals surface area contributed by atoms with Gasteiger partial charge in [0.15, 0.2) is 5.82 Å². The Morgan fingerprint density at radius 2 is 2.06 bits per heavy atom. The van der Waals surface area contributed by atoms with Crippen LogP contribution in [0.15, 0.2) is 30.9 Å². The summed E-state index contributed by atoms with van der Waals surface area (Å²) >= 11 is 0. The van der Waals surface area contributed by atoms with Crippen molar-refractivity contribution in [2.24, 2.45) is 0 Å². The molecule has 0 fully saturated rings. The SMILES string of the molecule is CNC(=O)C(C)(C)n1cc(Nc2ncc3c(N)c(F)c(-c4cnc5c(c4C)NCCO5)cc3n2)cn1. The molecule has 0 unspecified atom stereocenters. The quantitative estimate of drug-likeness (QED) is 0.310. The van der Waals surface area contributed by atoms with Gasteiger partial charge in [-0.1, -0.05) is 0 Å². The van der Waals surface area contributed by atoms with Crippen molar-refractivity contribution < 1.29 is 13.9 Å². The molecule has 1 aliphatic heterocycles. The van der Waals surface area contributed by atoms with Crippen LogP contribution in [0.5, 0.6) is 5.88 Å². The van der Waals surface area contributed by atoms with Gasteiger partial charge in [-0.25, -0.2) is 19.3 Å². The van der Waals surface area contributed by atoms with Gasteiger partial charge in [-0.3, -0.25) is 9.48 Å². The molecule has 1 amide bonds. The first-order chi connectivity index (χ1) is 17.2. The molecule has 5 N–H and O–H groups in total. The maximum Gasteiger partial charge on any atom is 0.247 e. The number of nitrogen functional groups attached to an aromatic ring is 1. The van der Waals surface area contributed by atoms with Gasteiger partial charge in [-0.05, 0) is 32.4 Å². The van der Waals surface area contributed by atoms with E-state index in [4.69, 9.17) is 10.5 Å². The molecule has 0 atom stereocenters. The van der Waals surface area contributed by atoms with E-state index in [-0.39, 0.29) is 23.1 Å². The number of nitrogens with zero attached hydrogens (tertiary/aromatic N) is 5. The first-order valence-corrected chi connectivity index (χ1v) is 11.4. The highest BCUT2D eigenvalue weighted by Crippen LogP contribution is 2.39. The third kappa shape index (κ3) is 3.80.